The van der Waals surface area contributed by atoms with Gasteiger partial charge in [-0.2, -0.15) is 0 Å². The topological polar surface area (TPSA) is 120 Å². The summed E-state index contributed by atoms with van der Waals surface area (Å²) in [5, 5.41) is 16.5. The Morgan fingerprint density at radius 3 is 2.22 bits per heavy atom. The Morgan fingerprint density at radius 1 is 1.28 bits per heavy atom. The number of nitrogens with one attached hydrogen (secondary N) is 2. The summed E-state index contributed by atoms with van der Waals surface area (Å²) >= 11 is 0. The fourth-order valence-electron chi connectivity index (χ4n) is 0.966. The lowest BCUT2D eigenvalue weighted by molar-refractivity contribution is -0.126. The van der Waals surface area contributed by atoms with Gasteiger partial charge in [-0.05, 0) is 13.8 Å². The van der Waals surface area contributed by atoms with Gasteiger partial charge in [-0.1, -0.05) is 5.16 Å². The van der Waals surface area contributed by atoms with Crippen LogP contribution in [-0.4, -0.2) is 55.1 Å². The number of hydrogen-bond acceptors (Lipinski definition) is 4. The van der Waals surface area contributed by atoms with Crippen LogP contribution >= 0.6 is 0 Å². The maximum absolute atomic E-state index is 11.7. The highest BCUT2D eigenvalue weighted by Gasteiger charge is 2.32. The van der Waals surface area contributed by atoms with E-state index >= 15 is 0 Å². The van der Waals surface area contributed by atoms with Crippen LogP contribution in [0, 0.1) is 5.41 Å². The first-order valence-corrected chi connectivity index (χ1v) is 5.45. The summed E-state index contributed by atoms with van der Waals surface area (Å²) in [5.74, 6) is -0.547. The fourth-order valence-corrected chi connectivity index (χ4v) is 0.966. The Hall–Kier alpha value is -1.99. The number of rotatable bonds is 5. The molecule has 8 nitrogen and oxygen atoms in total. The molecule has 0 rings (SSSR count). The first-order chi connectivity index (χ1) is 8.23. The summed E-state index contributed by atoms with van der Waals surface area (Å²) < 4.78 is 0. The van der Waals surface area contributed by atoms with Crippen LogP contribution in [0.25, 0.3) is 0 Å². The van der Waals surface area contributed by atoms with Crippen molar-refractivity contribution in [3.63, 3.8) is 0 Å². The molecule has 0 atom stereocenters. The van der Waals surface area contributed by atoms with Crippen LogP contribution in [0.3, 0.4) is 0 Å². The summed E-state index contributed by atoms with van der Waals surface area (Å²) in [5.41, 5.74) is 4.31. The molecule has 3 amide bonds. The van der Waals surface area contributed by atoms with Gasteiger partial charge in [-0.15, -0.1) is 0 Å². The summed E-state index contributed by atoms with van der Waals surface area (Å²) in [6, 6.07) is -0.236. The zero-order chi connectivity index (χ0) is 14.3. The van der Waals surface area contributed by atoms with Crippen LogP contribution in [0.2, 0.25) is 0 Å². The zero-order valence-corrected chi connectivity index (χ0v) is 11.1. The number of carbonyl (C=O) groups excluding carboxylic acids is 2. The van der Waals surface area contributed by atoms with E-state index in [1.807, 2.05) is 0 Å². The highest BCUT2D eigenvalue weighted by Crippen LogP contribution is 2.14. The lowest BCUT2D eigenvalue weighted by atomic mass is 9.91. The lowest BCUT2D eigenvalue weighted by Crippen LogP contribution is -2.48. The molecule has 5 N–H and O–H groups in total. The lowest BCUT2D eigenvalue weighted by Gasteiger charge is -2.21. The number of hydrogen-bond donors (Lipinski definition) is 4. The largest absolute Gasteiger partial charge is 0.409 e. The second kappa shape index (κ2) is 6.67. The second-order valence-electron chi connectivity index (χ2n) is 4.49. The zero-order valence-electron chi connectivity index (χ0n) is 11.1. The van der Waals surface area contributed by atoms with E-state index in [4.69, 9.17) is 10.9 Å². The van der Waals surface area contributed by atoms with Crippen LogP contribution in [-0.2, 0) is 4.79 Å². The molecule has 0 aliphatic heterocycles. The molecule has 0 aliphatic rings. The number of nitrogens with two attached hydrogens (primary N) is 1. The minimum absolute atomic E-state index is 0.169. The number of carbonyl (C=O) groups is 2. The van der Waals surface area contributed by atoms with Crippen LogP contribution in [0.5, 0.6) is 0 Å². The van der Waals surface area contributed by atoms with Gasteiger partial charge in [0, 0.05) is 27.2 Å². The van der Waals surface area contributed by atoms with E-state index in [0.29, 0.717) is 6.54 Å². The molecule has 0 aromatic heterocycles. The minimum Gasteiger partial charge on any atom is -0.409 e. The highest BCUT2D eigenvalue weighted by atomic mass is 16.4. The molecule has 0 saturated heterocycles. The Labute approximate surface area is 106 Å². The third kappa shape index (κ3) is 4.48. The van der Waals surface area contributed by atoms with Crippen molar-refractivity contribution in [2.24, 2.45) is 16.3 Å². The van der Waals surface area contributed by atoms with E-state index in [2.05, 4.69) is 15.8 Å². The van der Waals surface area contributed by atoms with Crippen molar-refractivity contribution in [1.29, 1.82) is 0 Å². The van der Waals surface area contributed by atoms with Crippen molar-refractivity contribution in [2.45, 2.75) is 13.8 Å². The molecule has 104 valence electrons. The van der Waals surface area contributed by atoms with Crippen molar-refractivity contribution >= 4 is 17.8 Å². The molecule has 18 heavy (non-hydrogen) atoms. The van der Waals surface area contributed by atoms with Gasteiger partial charge < -0.3 is 26.5 Å². The van der Waals surface area contributed by atoms with Crippen molar-refractivity contribution in [3.05, 3.63) is 0 Å². The summed E-state index contributed by atoms with van der Waals surface area (Å²) in [4.78, 5) is 24.3. The van der Waals surface area contributed by atoms with Crippen molar-refractivity contribution in [2.75, 3.05) is 27.2 Å². The van der Waals surface area contributed by atoms with E-state index in [1.54, 1.807) is 14.1 Å². The average Bonchev–Trinajstić information content (AvgIpc) is 2.32. The minimum atomic E-state index is -1.10. The Balaban J connectivity index is 4.09. The third-order valence-corrected chi connectivity index (χ3v) is 2.41. The number of nitrogens with zero attached hydrogens (tertiary/aromatic N) is 2. The number of urea groups is 1. The van der Waals surface area contributed by atoms with Crippen molar-refractivity contribution in [3.8, 4) is 0 Å². The number of amides is 3. The SMILES string of the molecule is CN(C)C(=O)NCCNC(=O)C(C)(C)C(N)=NO. The van der Waals surface area contributed by atoms with E-state index in [-0.39, 0.29) is 24.3 Å². The smallest absolute Gasteiger partial charge is 0.316 e. The highest BCUT2D eigenvalue weighted by molar-refractivity contribution is 6.05. The molecule has 0 aromatic carbocycles. The fraction of sp³-hybridized carbons (Fsp3) is 0.700. The van der Waals surface area contributed by atoms with E-state index in [0.717, 1.165) is 0 Å². The van der Waals surface area contributed by atoms with Crippen LogP contribution < -0.4 is 16.4 Å². The molecule has 0 radical (unpaired) electrons. The molecule has 0 fully saturated rings. The van der Waals surface area contributed by atoms with Gasteiger partial charge in [0.2, 0.25) is 5.91 Å². The molecule has 0 bridgehead atoms. The standard InChI is InChI=1S/C10H21N5O3/c1-10(2,7(11)14-18)8(16)12-5-6-13-9(17)15(3)4/h18H,5-6H2,1-4H3,(H2,11,14)(H,12,16)(H,13,17). The summed E-state index contributed by atoms with van der Waals surface area (Å²) in [6.45, 7) is 3.64. The second-order valence-corrected chi connectivity index (χ2v) is 4.49. The van der Waals surface area contributed by atoms with Crippen LogP contribution in [0.4, 0.5) is 4.79 Å². The quantitative estimate of drug-likeness (QED) is 0.169. The van der Waals surface area contributed by atoms with E-state index < -0.39 is 5.41 Å². The number of oxime groups is 1. The van der Waals surface area contributed by atoms with Gasteiger partial charge in [0.25, 0.3) is 0 Å². The third-order valence-electron chi connectivity index (χ3n) is 2.41. The van der Waals surface area contributed by atoms with E-state index in [1.165, 1.54) is 18.7 Å². The molecule has 0 saturated carbocycles. The maximum Gasteiger partial charge on any atom is 0.316 e. The average molecular weight is 259 g/mol. The number of amidine groups is 1. The van der Waals surface area contributed by atoms with Gasteiger partial charge in [0.05, 0.1) is 0 Å². The first kappa shape index (κ1) is 16.0. The first-order valence-electron chi connectivity index (χ1n) is 5.45. The summed E-state index contributed by atoms with van der Waals surface area (Å²) in [6.07, 6.45) is 0. The van der Waals surface area contributed by atoms with Gasteiger partial charge in [-0.3, -0.25) is 4.79 Å². The summed E-state index contributed by atoms with van der Waals surface area (Å²) in [7, 11) is 3.24. The van der Waals surface area contributed by atoms with Gasteiger partial charge in [0.15, 0.2) is 5.84 Å². The predicted molar refractivity (Wildman–Crippen MR) is 67.3 cm³/mol. The molecule has 0 aromatic rings. The van der Waals surface area contributed by atoms with Gasteiger partial charge in [0.1, 0.15) is 5.41 Å². The molecule has 0 unspecified atom stereocenters. The molecular weight excluding hydrogens is 238 g/mol. The van der Waals surface area contributed by atoms with Gasteiger partial charge in [-0.25, -0.2) is 4.79 Å². The van der Waals surface area contributed by atoms with Crippen molar-refractivity contribution in [1.82, 2.24) is 15.5 Å². The molecule has 0 heterocycles. The molecule has 0 spiro atoms. The molecule has 8 heteroatoms. The van der Waals surface area contributed by atoms with E-state index in [9.17, 15) is 9.59 Å². The molecule has 0 aliphatic carbocycles. The monoisotopic (exact) mass is 259 g/mol. The Kier molecular flexibility index (Phi) is 5.94. The van der Waals surface area contributed by atoms with Gasteiger partial charge >= 0.3 is 6.03 Å². The van der Waals surface area contributed by atoms with Crippen LogP contribution in [0.15, 0.2) is 5.16 Å². The maximum atomic E-state index is 11.7. The molecular formula is C10H21N5O3. The predicted octanol–water partition coefficient (Wildman–Crippen LogP) is -0.854. The van der Waals surface area contributed by atoms with Crippen LogP contribution in [0.1, 0.15) is 13.8 Å². The van der Waals surface area contributed by atoms with Crippen molar-refractivity contribution < 1.29 is 14.8 Å². The Morgan fingerprint density at radius 2 is 1.78 bits per heavy atom. The normalized spacial score (nSPS) is 11.9. The Bertz CT molecular complexity index is 338.